The zero-order valence-electron chi connectivity index (χ0n) is 6.26. The van der Waals surface area contributed by atoms with Crippen molar-refractivity contribution in [2.24, 2.45) is 0 Å². The minimum Gasteiger partial charge on any atom is -0.339 e. The van der Waals surface area contributed by atoms with E-state index in [0.717, 1.165) is 0 Å². The molecule has 1 atom stereocenters. The second-order valence-electron chi connectivity index (χ2n) is 2.02. The van der Waals surface area contributed by atoms with Crippen LogP contribution in [0.4, 0.5) is 17.6 Å². The SMILES string of the molecule is CCOC(F)(C(F)(F)F)[Si](Cl)(Cl)Cl. The molecule has 0 aromatic heterocycles. The summed E-state index contributed by atoms with van der Waals surface area (Å²) in [6.45, 7) is 0.641. The zero-order chi connectivity index (χ0) is 10.9. The molecule has 1 nitrogen and oxygen atoms in total. The van der Waals surface area contributed by atoms with Crippen LogP contribution in [-0.2, 0) is 4.74 Å². The Morgan fingerprint density at radius 1 is 1.15 bits per heavy atom. The van der Waals surface area contributed by atoms with Gasteiger partial charge in [-0.15, -0.1) is 33.2 Å². The number of alkyl halides is 4. The van der Waals surface area contributed by atoms with Crippen LogP contribution in [0.15, 0.2) is 0 Å². The van der Waals surface area contributed by atoms with Crippen molar-refractivity contribution in [3.8, 4) is 0 Å². The normalized spacial score (nSPS) is 18.5. The first-order valence-electron chi connectivity index (χ1n) is 3.02. The number of rotatable bonds is 3. The van der Waals surface area contributed by atoms with Gasteiger partial charge in [0, 0.05) is 6.61 Å². The van der Waals surface area contributed by atoms with Gasteiger partial charge in [0.2, 0.25) is 0 Å². The molecule has 0 rings (SSSR count). The predicted molar refractivity (Wildman–Crippen MR) is 44.8 cm³/mol. The van der Waals surface area contributed by atoms with E-state index in [4.69, 9.17) is 33.2 Å². The third kappa shape index (κ3) is 2.86. The van der Waals surface area contributed by atoms with Gasteiger partial charge in [0.25, 0.3) is 0 Å². The summed E-state index contributed by atoms with van der Waals surface area (Å²) in [4.78, 5) is 0. The van der Waals surface area contributed by atoms with E-state index in [1.165, 1.54) is 6.92 Å². The number of hydrogen-bond donors (Lipinski definition) is 0. The Balaban J connectivity index is 4.96. The molecule has 0 bridgehead atoms. The zero-order valence-corrected chi connectivity index (χ0v) is 9.53. The molecule has 0 radical (unpaired) electrons. The molecule has 0 aliphatic carbocycles. The van der Waals surface area contributed by atoms with Crippen molar-refractivity contribution in [3.63, 3.8) is 0 Å². The van der Waals surface area contributed by atoms with Crippen molar-refractivity contribution >= 4 is 39.2 Å². The van der Waals surface area contributed by atoms with Gasteiger partial charge in [-0.1, -0.05) is 0 Å². The summed E-state index contributed by atoms with van der Waals surface area (Å²) in [5.41, 5.74) is -4.14. The van der Waals surface area contributed by atoms with Crippen LogP contribution in [-0.4, -0.2) is 24.3 Å². The fourth-order valence-electron chi connectivity index (χ4n) is 0.523. The van der Waals surface area contributed by atoms with Gasteiger partial charge in [-0.3, -0.25) is 0 Å². The molecule has 13 heavy (non-hydrogen) atoms. The van der Waals surface area contributed by atoms with Crippen molar-refractivity contribution in [3.05, 3.63) is 0 Å². The third-order valence-corrected chi connectivity index (χ3v) is 4.42. The summed E-state index contributed by atoms with van der Waals surface area (Å²) in [5, 5.41) is 0. The van der Waals surface area contributed by atoms with Crippen LogP contribution in [0.1, 0.15) is 6.92 Å². The summed E-state index contributed by atoms with van der Waals surface area (Å²) < 4.78 is 53.2. The lowest BCUT2D eigenvalue weighted by Gasteiger charge is -2.31. The molecule has 0 saturated heterocycles. The molecule has 0 aromatic carbocycles. The Morgan fingerprint density at radius 2 is 1.54 bits per heavy atom. The van der Waals surface area contributed by atoms with E-state index in [2.05, 4.69) is 4.74 Å². The van der Waals surface area contributed by atoms with E-state index in [1.807, 2.05) is 0 Å². The fraction of sp³-hybridized carbons (Fsp3) is 1.00. The van der Waals surface area contributed by atoms with Crippen molar-refractivity contribution in [2.45, 2.75) is 18.6 Å². The minimum atomic E-state index is -5.33. The molecule has 80 valence electrons. The van der Waals surface area contributed by atoms with Gasteiger partial charge in [-0.2, -0.15) is 13.2 Å². The second kappa shape index (κ2) is 4.10. The number of ether oxygens (including phenoxy) is 1. The maximum absolute atomic E-state index is 13.1. The summed E-state index contributed by atoms with van der Waals surface area (Å²) in [7, 11) is 0. The van der Waals surface area contributed by atoms with Gasteiger partial charge < -0.3 is 4.74 Å². The lowest BCUT2D eigenvalue weighted by Crippen LogP contribution is -2.57. The van der Waals surface area contributed by atoms with Crippen molar-refractivity contribution < 1.29 is 22.3 Å². The van der Waals surface area contributed by atoms with Crippen LogP contribution in [0.5, 0.6) is 0 Å². The Bertz CT molecular complexity index is 165. The molecule has 0 aliphatic rings. The first kappa shape index (κ1) is 13.8. The summed E-state index contributed by atoms with van der Waals surface area (Å²) in [6.07, 6.45) is -5.33. The molecular formula is C4H5Cl3F4OSi. The Labute approximate surface area is 87.0 Å². The van der Waals surface area contributed by atoms with E-state index in [1.54, 1.807) is 0 Å². The first-order chi connectivity index (χ1) is 5.56. The highest BCUT2D eigenvalue weighted by Crippen LogP contribution is 2.47. The topological polar surface area (TPSA) is 9.23 Å². The fourth-order valence-corrected chi connectivity index (χ4v) is 2.61. The lowest BCUT2D eigenvalue weighted by atomic mass is 10.6. The molecule has 0 aromatic rings. The summed E-state index contributed by atoms with van der Waals surface area (Å²) in [6, 6.07) is -4.66. The maximum Gasteiger partial charge on any atom is 0.448 e. The molecule has 1 unspecified atom stereocenters. The van der Waals surface area contributed by atoms with Crippen LogP contribution in [0, 0.1) is 0 Å². The molecule has 0 saturated carbocycles. The van der Waals surface area contributed by atoms with E-state index in [0.29, 0.717) is 0 Å². The van der Waals surface area contributed by atoms with Crippen molar-refractivity contribution in [1.82, 2.24) is 0 Å². The highest BCUT2D eigenvalue weighted by molar-refractivity contribution is 7.65. The van der Waals surface area contributed by atoms with Crippen LogP contribution in [0.25, 0.3) is 0 Å². The summed E-state index contributed by atoms with van der Waals surface area (Å²) in [5.74, 6) is 0. The van der Waals surface area contributed by atoms with Crippen LogP contribution in [0.2, 0.25) is 0 Å². The van der Waals surface area contributed by atoms with E-state index < -0.39 is 24.3 Å². The van der Waals surface area contributed by atoms with Crippen molar-refractivity contribution in [2.75, 3.05) is 6.61 Å². The summed E-state index contributed by atoms with van der Waals surface area (Å²) >= 11 is 14.9. The Hall–Kier alpha value is 0.767. The van der Waals surface area contributed by atoms with E-state index in [9.17, 15) is 17.6 Å². The molecule has 0 N–H and O–H groups in total. The standard InChI is InChI=1S/C4H5Cl3F4OSi/c1-2-12-4(11,3(8,9)10)13(5,6)7/h2H2,1H3. The predicted octanol–water partition coefficient (Wildman–Crippen LogP) is 3.45. The number of hydrogen-bond acceptors (Lipinski definition) is 1. The highest BCUT2D eigenvalue weighted by atomic mass is 35.8. The van der Waals surface area contributed by atoms with Gasteiger partial charge >= 0.3 is 17.7 Å². The van der Waals surface area contributed by atoms with Gasteiger partial charge in [0.05, 0.1) is 0 Å². The first-order valence-corrected chi connectivity index (χ1v) is 8.06. The average Bonchev–Trinajstić information content (AvgIpc) is 1.82. The monoisotopic (exact) mass is 278 g/mol. The second-order valence-corrected chi connectivity index (χ2v) is 10.5. The quantitative estimate of drug-likeness (QED) is 0.437. The smallest absolute Gasteiger partial charge is 0.339 e. The van der Waals surface area contributed by atoms with Gasteiger partial charge in [-0.25, -0.2) is 4.39 Å². The molecule has 9 heteroatoms. The maximum atomic E-state index is 13.1. The molecular weight excluding hydrogens is 274 g/mol. The van der Waals surface area contributed by atoms with Gasteiger partial charge in [-0.05, 0) is 6.92 Å². The number of halogens is 7. The lowest BCUT2D eigenvalue weighted by molar-refractivity contribution is -0.291. The largest absolute Gasteiger partial charge is 0.448 e. The molecule has 0 aliphatic heterocycles. The minimum absolute atomic E-state index is 0.531. The highest BCUT2D eigenvalue weighted by Gasteiger charge is 2.71. The molecule has 0 heterocycles. The molecule has 0 fully saturated rings. The van der Waals surface area contributed by atoms with Crippen LogP contribution < -0.4 is 0 Å². The Kier molecular flexibility index (Phi) is 4.34. The van der Waals surface area contributed by atoms with Crippen molar-refractivity contribution in [1.29, 1.82) is 0 Å². The van der Waals surface area contributed by atoms with Gasteiger partial charge in [0.1, 0.15) is 0 Å². The van der Waals surface area contributed by atoms with Gasteiger partial charge in [0.15, 0.2) is 0 Å². The third-order valence-electron chi connectivity index (χ3n) is 1.07. The van der Waals surface area contributed by atoms with Crippen LogP contribution >= 0.6 is 33.2 Å². The van der Waals surface area contributed by atoms with E-state index >= 15 is 0 Å². The Morgan fingerprint density at radius 3 is 1.62 bits per heavy atom. The molecule has 0 amide bonds. The van der Waals surface area contributed by atoms with E-state index in [-0.39, 0.29) is 0 Å². The molecule has 0 spiro atoms. The van der Waals surface area contributed by atoms with Crippen LogP contribution in [0.3, 0.4) is 0 Å². The average molecular weight is 280 g/mol.